The van der Waals surface area contributed by atoms with E-state index in [9.17, 15) is 0 Å². The van der Waals surface area contributed by atoms with Crippen molar-refractivity contribution in [1.29, 1.82) is 0 Å². The molecule has 0 radical (unpaired) electrons. The number of methoxy groups -OCH3 is 3. The highest BCUT2D eigenvalue weighted by Crippen LogP contribution is 2.33. The summed E-state index contributed by atoms with van der Waals surface area (Å²) < 4.78 is 16.2. The number of halogens is 1. The lowest BCUT2D eigenvalue weighted by atomic mass is 10.1. The van der Waals surface area contributed by atoms with Gasteiger partial charge in [0, 0.05) is 24.6 Å². The van der Waals surface area contributed by atoms with Gasteiger partial charge in [0.15, 0.2) is 5.96 Å². The van der Waals surface area contributed by atoms with Gasteiger partial charge in [-0.1, -0.05) is 13.8 Å². The van der Waals surface area contributed by atoms with Crippen LogP contribution in [0.1, 0.15) is 36.0 Å². The molecule has 0 aliphatic rings. The van der Waals surface area contributed by atoms with Crippen LogP contribution in [0.4, 0.5) is 0 Å². The van der Waals surface area contributed by atoms with Gasteiger partial charge in [0.1, 0.15) is 22.3 Å². The number of thiazole rings is 1. The Labute approximate surface area is 187 Å². The van der Waals surface area contributed by atoms with Crippen molar-refractivity contribution in [1.82, 2.24) is 15.6 Å². The maximum atomic E-state index is 5.48. The molecule has 2 N–H and O–H groups in total. The Hall–Kier alpha value is -1.75. The third-order valence-electron chi connectivity index (χ3n) is 4.04. The number of hydrogen-bond donors (Lipinski definition) is 2. The summed E-state index contributed by atoms with van der Waals surface area (Å²) in [6.07, 6.45) is 0. The molecular weight excluding hydrogens is 491 g/mol. The molecule has 0 saturated heterocycles. The van der Waals surface area contributed by atoms with Crippen molar-refractivity contribution in [2.45, 2.75) is 32.9 Å². The van der Waals surface area contributed by atoms with Crippen LogP contribution in [0.25, 0.3) is 0 Å². The maximum Gasteiger partial charge on any atom is 0.191 e. The van der Waals surface area contributed by atoms with Gasteiger partial charge in [-0.2, -0.15) is 0 Å². The summed E-state index contributed by atoms with van der Waals surface area (Å²) in [7, 11) is 6.60. The van der Waals surface area contributed by atoms with Gasteiger partial charge in [0.25, 0.3) is 0 Å². The summed E-state index contributed by atoms with van der Waals surface area (Å²) in [5, 5.41) is 9.70. The zero-order valence-corrected chi connectivity index (χ0v) is 20.3. The zero-order valence-electron chi connectivity index (χ0n) is 17.2. The lowest BCUT2D eigenvalue weighted by Gasteiger charge is -2.17. The summed E-state index contributed by atoms with van der Waals surface area (Å²) in [5.41, 5.74) is 2.01. The first kappa shape index (κ1) is 24.3. The number of hydrogen-bond acceptors (Lipinski definition) is 6. The predicted molar refractivity (Wildman–Crippen MR) is 125 cm³/mol. The fraction of sp³-hybridized carbons (Fsp3) is 0.474. The molecule has 0 amide bonds. The van der Waals surface area contributed by atoms with Crippen molar-refractivity contribution < 1.29 is 14.2 Å². The number of aromatic nitrogens is 1. The van der Waals surface area contributed by atoms with Crippen LogP contribution in [0.2, 0.25) is 0 Å². The molecule has 7 nitrogen and oxygen atoms in total. The topological polar surface area (TPSA) is 77.0 Å². The first-order valence-electron chi connectivity index (χ1n) is 8.70. The highest BCUT2D eigenvalue weighted by atomic mass is 127. The van der Waals surface area contributed by atoms with Gasteiger partial charge in [-0.3, -0.25) is 4.99 Å². The number of rotatable bonds is 8. The molecule has 0 saturated carbocycles. The fourth-order valence-electron chi connectivity index (χ4n) is 2.48. The molecular formula is C19H29IN4O3S. The number of nitrogens with zero attached hydrogens (tertiary/aromatic N) is 2. The van der Waals surface area contributed by atoms with E-state index in [4.69, 9.17) is 14.2 Å². The van der Waals surface area contributed by atoms with Crippen LogP contribution < -0.4 is 24.8 Å². The average molecular weight is 520 g/mol. The van der Waals surface area contributed by atoms with E-state index in [2.05, 4.69) is 39.8 Å². The SMILES string of the molecule is CN=C(NCc1nc(C(C)C)cs1)NCc1c(OC)cc(OC)cc1OC.I. The van der Waals surface area contributed by atoms with Crippen LogP contribution in [0, 0.1) is 0 Å². The van der Waals surface area contributed by atoms with Crippen LogP contribution in [-0.2, 0) is 13.1 Å². The van der Waals surface area contributed by atoms with Crippen molar-refractivity contribution in [3.63, 3.8) is 0 Å². The van der Waals surface area contributed by atoms with Crippen LogP contribution in [0.15, 0.2) is 22.5 Å². The molecule has 1 aromatic carbocycles. The largest absolute Gasteiger partial charge is 0.496 e. The summed E-state index contributed by atoms with van der Waals surface area (Å²) >= 11 is 1.65. The Morgan fingerprint density at radius 3 is 2.14 bits per heavy atom. The number of ether oxygens (including phenoxy) is 3. The Balaban J connectivity index is 0.00000392. The fourth-order valence-corrected chi connectivity index (χ4v) is 3.37. The second kappa shape index (κ2) is 11.9. The van der Waals surface area contributed by atoms with Crippen molar-refractivity contribution in [3.05, 3.63) is 33.8 Å². The summed E-state index contributed by atoms with van der Waals surface area (Å²) in [6.45, 7) is 5.39. The van der Waals surface area contributed by atoms with E-state index in [0.29, 0.717) is 42.2 Å². The van der Waals surface area contributed by atoms with Crippen molar-refractivity contribution in [2.75, 3.05) is 28.4 Å². The third-order valence-corrected chi connectivity index (χ3v) is 4.91. The van der Waals surface area contributed by atoms with Gasteiger partial charge >= 0.3 is 0 Å². The van der Waals surface area contributed by atoms with Crippen molar-refractivity contribution in [2.24, 2.45) is 4.99 Å². The second-order valence-electron chi connectivity index (χ2n) is 6.11. The molecule has 156 valence electrons. The third kappa shape index (κ3) is 6.40. The molecule has 0 unspecified atom stereocenters. The van der Waals surface area contributed by atoms with E-state index in [1.54, 1.807) is 39.7 Å². The molecule has 0 spiro atoms. The second-order valence-corrected chi connectivity index (χ2v) is 7.05. The molecule has 28 heavy (non-hydrogen) atoms. The average Bonchev–Trinajstić information content (AvgIpc) is 3.17. The Morgan fingerprint density at radius 1 is 1.07 bits per heavy atom. The molecule has 1 heterocycles. The predicted octanol–water partition coefficient (Wildman–Crippen LogP) is 3.78. The molecule has 0 bridgehead atoms. The highest BCUT2D eigenvalue weighted by Gasteiger charge is 2.14. The molecule has 9 heteroatoms. The minimum Gasteiger partial charge on any atom is -0.496 e. The molecule has 0 atom stereocenters. The monoisotopic (exact) mass is 520 g/mol. The molecule has 0 aliphatic carbocycles. The van der Waals surface area contributed by atoms with Crippen LogP contribution in [-0.4, -0.2) is 39.3 Å². The standard InChI is InChI=1S/C19H28N4O3S.HI/c1-12(2)15-11-27-18(23-15)10-22-19(20-3)21-9-14-16(25-5)7-13(24-4)8-17(14)26-6;/h7-8,11-12H,9-10H2,1-6H3,(H2,20,21,22);1H. The molecule has 2 rings (SSSR count). The van der Waals surface area contributed by atoms with E-state index in [1.165, 1.54) is 0 Å². The van der Waals surface area contributed by atoms with Crippen molar-refractivity contribution >= 4 is 41.3 Å². The summed E-state index contributed by atoms with van der Waals surface area (Å²) in [5.74, 6) is 3.17. The van der Waals surface area contributed by atoms with Gasteiger partial charge in [0.2, 0.25) is 0 Å². The van der Waals surface area contributed by atoms with E-state index in [1.807, 2.05) is 12.1 Å². The summed E-state index contributed by atoms with van der Waals surface area (Å²) in [4.78, 5) is 8.90. The molecule has 2 aromatic rings. The van der Waals surface area contributed by atoms with Crippen LogP contribution in [0.3, 0.4) is 0 Å². The number of nitrogens with one attached hydrogen (secondary N) is 2. The van der Waals surface area contributed by atoms with E-state index in [-0.39, 0.29) is 24.0 Å². The number of benzene rings is 1. The molecule has 0 fully saturated rings. The Kier molecular flexibility index (Phi) is 10.4. The van der Waals surface area contributed by atoms with Gasteiger partial charge < -0.3 is 24.8 Å². The summed E-state index contributed by atoms with van der Waals surface area (Å²) in [6, 6.07) is 3.66. The van der Waals surface area contributed by atoms with Gasteiger partial charge in [-0.15, -0.1) is 35.3 Å². The minimum atomic E-state index is 0. The lowest BCUT2D eigenvalue weighted by molar-refractivity contribution is 0.368. The Bertz CT molecular complexity index is 755. The van der Waals surface area contributed by atoms with E-state index >= 15 is 0 Å². The highest BCUT2D eigenvalue weighted by molar-refractivity contribution is 14.0. The molecule has 0 aliphatic heterocycles. The Morgan fingerprint density at radius 2 is 1.68 bits per heavy atom. The minimum absolute atomic E-state index is 0. The van der Waals surface area contributed by atoms with Crippen LogP contribution in [0.5, 0.6) is 17.2 Å². The first-order valence-corrected chi connectivity index (χ1v) is 9.58. The first-order chi connectivity index (χ1) is 13.0. The van der Waals surface area contributed by atoms with Gasteiger partial charge in [-0.05, 0) is 5.92 Å². The van der Waals surface area contributed by atoms with Crippen molar-refractivity contribution in [3.8, 4) is 17.2 Å². The normalized spacial score (nSPS) is 11.0. The number of guanidine groups is 1. The number of aliphatic imine (C=N–C) groups is 1. The lowest BCUT2D eigenvalue weighted by Crippen LogP contribution is -2.36. The maximum absolute atomic E-state index is 5.48. The van der Waals surface area contributed by atoms with E-state index < -0.39 is 0 Å². The van der Waals surface area contributed by atoms with Crippen LogP contribution >= 0.6 is 35.3 Å². The van der Waals surface area contributed by atoms with E-state index in [0.717, 1.165) is 16.3 Å². The smallest absolute Gasteiger partial charge is 0.191 e. The van der Waals surface area contributed by atoms with Gasteiger partial charge in [0.05, 0.1) is 45.7 Å². The zero-order chi connectivity index (χ0) is 19.8. The quantitative estimate of drug-likeness (QED) is 0.314. The molecule has 1 aromatic heterocycles. The van der Waals surface area contributed by atoms with Gasteiger partial charge in [-0.25, -0.2) is 4.98 Å².